The van der Waals surface area contributed by atoms with E-state index in [9.17, 15) is 9.59 Å². The van der Waals surface area contributed by atoms with Crippen LogP contribution in [-0.2, 0) is 9.53 Å². The lowest BCUT2D eigenvalue weighted by molar-refractivity contribution is -0.119. The lowest BCUT2D eigenvalue weighted by Gasteiger charge is -2.14. The Morgan fingerprint density at radius 3 is 2.93 bits per heavy atom. The molecule has 3 aromatic rings. The molecule has 1 saturated heterocycles. The minimum Gasteiger partial charge on any atom is -0.376 e. The number of carbonyl (C=O) groups is 1. The highest BCUT2D eigenvalue weighted by Crippen LogP contribution is 2.23. The lowest BCUT2D eigenvalue weighted by atomic mass is 10.2. The summed E-state index contributed by atoms with van der Waals surface area (Å²) in [5.41, 5.74) is 1.01. The number of hydrogen-bond donors (Lipinski definition) is 1. The van der Waals surface area contributed by atoms with Crippen molar-refractivity contribution in [2.24, 2.45) is 0 Å². The van der Waals surface area contributed by atoms with E-state index >= 15 is 0 Å². The number of hydrogen-bond acceptors (Lipinski definition) is 5. The Balaban J connectivity index is 1.61. The molecule has 6 nitrogen and oxygen atoms in total. The Morgan fingerprint density at radius 2 is 2.14 bits per heavy atom. The molecule has 1 fully saturated rings. The minimum absolute atomic E-state index is 0.0902. The molecule has 1 aliphatic heterocycles. The molecule has 1 aliphatic rings. The number of para-hydroxylation sites is 1. The van der Waals surface area contributed by atoms with E-state index in [1.165, 1.54) is 16.3 Å². The summed E-state index contributed by atoms with van der Waals surface area (Å²) in [7, 11) is 0. The number of nitrogens with one attached hydrogen (secondary N) is 1. The summed E-state index contributed by atoms with van der Waals surface area (Å²) in [6.45, 7) is 1.26. The molecule has 0 aliphatic carbocycles. The summed E-state index contributed by atoms with van der Waals surface area (Å²) in [5, 5.41) is 4.38. The molecule has 1 atom stereocenters. The van der Waals surface area contributed by atoms with Gasteiger partial charge in [-0.1, -0.05) is 41.6 Å². The smallest absolute Gasteiger partial charge is 0.266 e. The Hall–Kier alpha value is -2.35. The van der Waals surface area contributed by atoms with Crippen LogP contribution in [0.25, 0.3) is 16.6 Å². The Bertz CT molecular complexity index is 1100. The fraction of sp³-hybridized carbons (Fsp3) is 0.286. The SMILES string of the molecule is O=C(CSc1nc2ccccc2c(=O)n1-c1cccc(Cl)c1)NCC1CCCO1. The van der Waals surface area contributed by atoms with Gasteiger partial charge in [-0.2, -0.15) is 0 Å². The van der Waals surface area contributed by atoms with Gasteiger partial charge < -0.3 is 10.1 Å². The zero-order chi connectivity index (χ0) is 20.2. The van der Waals surface area contributed by atoms with Crippen LogP contribution >= 0.6 is 23.4 Å². The number of benzene rings is 2. The topological polar surface area (TPSA) is 73.2 Å². The number of rotatable bonds is 6. The fourth-order valence-corrected chi connectivity index (χ4v) is 4.29. The number of fused-ring (bicyclic) bond motifs is 1. The van der Waals surface area contributed by atoms with Crippen molar-refractivity contribution in [3.8, 4) is 5.69 Å². The maximum atomic E-state index is 13.2. The molecule has 0 saturated carbocycles. The number of nitrogens with zero attached hydrogens (tertiary/aromatic N) is 2. The first-order valence-corrected chi connectivity index (χ1v) is 10.8. The monoisotopic (exact) mass is 429 g/mol. The van der Waals surface area contributed by atoms with E-state index in [1.54, 1.807) is 42.5 Å². The molecule has 0 bridgehead atoms. The summed E-state index contributed by atoms with van der Waals surface area (Å²) in [6, 6.07) is 14.2. The van der Waals surface area contributed by atoms with Crippen LogP contribution in [-0.4, -0.2) is 40.5 Å². The normalized spacial score (nSPS) is 16.2. The number of halogens is 1. The van der Waals surface area contributed by atoms with E-state index in [-0.39, 0.29) is 23.3 Å². The second-order valence-corrected chi connectivity index (χ2v) is 8.14. The van der Waals surface area contributed by atoms with Crippen LogP contribution in [0.15, 0.2) is 58.5 Å². The van der Waals surface area contributed by atoms with Crippen molar-refractivity contribution in [3.63, 3.8) is 0 Å². The Labute approximate surface area is 177 Å². The van der Waals surface area contributed by atoms with E-state index in [4.69, 9.17) is 16.3 Å². The van der Waals surface area contributed by atoms with Gasteiger partial charge >= 0.3 is 0 Å². The minimum atomic E-state index is -0.194. The molecule has 0 radical (unpaired) electrons. The van der Waals surface area contributed by atoms with E-state index in [0.717, 1.165) is 19.4 Å². The predicted octanol–water partition coefficient (Wildman–Crippen LogP) is 3.43. The van der Waals surface area contributed by atoms with Gasteiger partial charge in [0.25, 0.3) is 5.56 Å². The van der Waals surface area contributed by atoms with E-state index in [0.29, 0.717) is 33.3 Å². The molecule has 150 valence electrons. The molecule has 0 spiro atoms. The Kier molecular flexibility index (Phi) is 6.18. The maximum Gasteiger partial charge on any atom is 0.266 e. The maximum absolute atomic E-state index is 13.2. The van der Waals surface area contributed by atoms with Gasteiger partial charge in [0.15, 0.2) is 5.16 Å². The molecule has 1 aromatic heterocycles. The average molecular weight is 430 g/mol. The van der Waals surface area contributed by atoms with Gasteiger partial charge in [-0.3, -0.25) is 14.2 Å². The molecule has 8 heteroatoms. The van der Waals surface area contributed by atoms with Crippen LogP contribution in [0.2, 0.25) is 5.02 Å². The second kappa shape index (κ2) is 8.98. The standard InChI is InChI=1S/C21H20ClN3O3S/c22-14-5-3-6-15(11-14)25-20(27)17-8-1-2-9-18(17)24-21(25)29-13-19(26)23-12-16-7-4-10-28-16/h1-3,5-6,8-9,11,16H,4,7,10,12-13H2,(H,23,26). The van der Waals surface area contributed by atoms with Crippen molar-refractivity contribution < 1.29 is 9.53 Å². The summed E-state index contributed by atoms with van der Waals surface area (Å²) >= 11 is 7.35. The van der Waals surface area contributed by atoms with Crippen LogP contribution in [0.3, 0.4) is 0 Å². The van der Waals surface area contributed by atoms with Gasteiger partial charge in [-0.15, -0.1) is 0 Å². The van der Waals surface area contributed by atoms with E-state index < -0.39 is 0 Å². The molecule has 1 unspecified atom stereocenters. The van der Waals surface area contributed by atoms with E-state index in [2.05, 4.69) is 10.3 Å². The first-order chi connectivity index (χ1) is 14.1. The first-order valence-electron chi connectivity index (χ1n) is 9.40. The molecular formula is C21H20ClN3O3S. The zero-order valence-corrected chi connectivity index (χ0v) is 17.2. The molecule has 2 aromatic carbocycles. The number of ether oxygens (including phenoxy) is 1. The number of thioether (sulfide) groups is 1. The molecule has 1 N–H and O–H groups in total. The summed E-state index contributed by atoms with van der Waals surface area (Å²) in [6.07, 6.45) is 2.09. The number of amides is 1. The summed E-state index contributed by atoms with van der Waals surface area (Å²) < 4.78 is 7.03. The quantitative estimate of drug-likeness (QED) is 0.480. The number of aromatic nitrogens is 2. The van der Waals surface area contributed by atoms with Crippen LogP contribution < -0.4 is 10.9 Å². The van der Waals surface area contributed by atoms with E-state index in [1.807, 2.05) is 6.07 Å². The zero-order valence-electron chi connectivity index (χ0n) is 15.6. The second-order valence-electron chi connectivity index (χ2n) is 6.76. The average Bonchev–Trinajstić information content (AvgIpc) is 3.24. The van der Waals surface area contributed by atoms with Gasteiger partial charge in [-0.25, -0.2) is 4.98 Å². The first kappa shape index (κ1) is 19.9. The summed E-state index contributed by atoms with van der Waals surface area (Å²) in [5.74, 6) is 0.0310. The Morgan fingerprint density at radius 1 is 1.28 bits per heavy atom. The fourth-order valence-electron chi connectivity index (χ4n) is 3.27. The third-order valence-electron chi connectivity index (χ3n) is 4.69. The van der Waals surface area contributed by atoms with Crippen LogP contribution in [0.5, 0.6) is 0 Å². The van der Waals surface area contributed by atoms with Gasteiger partial charge in [0, 0.05) is 18.2 Å². The van der Waals surface area contributed by atoms with Crippen molar-refractivity contribution in [1.29, 1.82) is 0 Å². The molecule has 2 heterocycles. The van der Waals surface area contributed by atoms with Crippen molar-refractivity contribution in [3.05, 3.63) is 63.9 Å². The van der Waals surface area contributed by atoms with Gasteiger partial charge in [0.2, 0.25) is 5.91 Å². The highest BCUT2D eigenvalue weighted by atomic mass is 35.5. The highest BCUT2D eigenvalue weighted by Gasteiger charge is 2.18. The van der Waals surface area contributed by atoms with Gasteiger partial charge in [0.05, 0.1) is 28.4 Å². The van der Waals surface area contributed by atoms with Crippen LogP contribution in [0, 0.1) is 0 Å². The third-order valence-corrected chi connectivity index (χ3v) is 5.87. The van der Waals surface area contributed by atoms with Crippen LogP contribution in [0.4, 0.5) is 0 Å². The van der Waals surface area contributed by atoms with Gasteiger partial charge in [0.1, 0.15) is 0 Å². The highest BCUT2D eigenvalue weighted by molar-refractivity contribution is 7.99. The van der Waals surface area contributed by atoms with Gasteiger partial charge in [-0.05, 0) is 43.2 Å². The van der Waals surface area contributed by atoms with Crippen molar-refractivity contribution in [2.45, 2.75) is 24.1 Å². The lowest BCUT2D eigenvalue weighted by Crippen LogP contribution is -2.33. The van der Waals surface area contributed by atoms with Crippen molar-refractivity contribution in [2.75, 3.05) is 18.9 Å². The number of carbonyl (C=O) groups excluding carboxylic acids is 1. The van der Waals surface area contributed by atoms with Crippen LogP contribution in [0.1, 0.15) is 12.8 Å². The van der Waals surface area contributed by atoms with Crippen molar-refractivity contribution >= 4 is 40.2 Å². The summed E-state index contributed by atoms with van der Waals surface area (Å²) in [4.78, 5) is 30.1. The molecule has 29 heavy (non-hydrogen) atoms. The van der Waals surface area contributed by atoms with Crippen molar-refractivity contribution in [1.82, 2.24) is 14.9 Å². The molecule has 1 amide bonds. The molecule has 4 rings (SSSR count). The largest absolute Gasteiger partial charge is 0.376 e. The molecular weight excluding hydrogens is 410 g/mol. The third kappa shape index (κ3) is 4.63. The predicted molar refractivity (Wildman–Crippen MR) is 115 cm³/mol.